The van der Waals surface area contributed by atoms with E-state index in [-0.39, 0.29) is 18.0 Å². The minimum atomic E-state index is -0.878. The van der Waals surface area contributed by atoms with Crippen molar-refractivity contribution in [3.8, 4) is 0 Å². The second-order valence-electron chi connectivity index (χ2n) is 6.20. The number of hydrogen-bond acceptors (Lipinski definition) is 5. The van der Waals surface area contributed by atoms with Gasteiger partial charge in [0, 0.05) is 19.6 Å². The average Bonchev–Trinajstić information content (AvgIpc) is 2.97. The number of halogens is 2. The fraction of sp³-hybridized carbons (Fsp3) is 0.250. The predicted molar refractivity (Wildman–Crippen MR) is 108 cm³/mol. The molecule has 0 radical (unpaired) electrons. The highest BCUT2D eigenvalue weighted by Crippen LogP contribution is 2.31. The number of thioether (sulfide) groups is 1. The van der Waals surface area contributed by atoms with Crippen molar-refractivity contribution in [3.63, 3.8) is 0 Å². The van der Waals surface area contributed by atoms with Gasteiger partial charge in [-0.15, -0.1) is 0 Å². The van der Waals surface area contributed by atoms with Crippen LogP contribution in [0.4, 0.5) is 20.2 Å². The summed E-state index contributed by atoms with van der Waals surface area (Å²) < 4.78 is 31.8. The Hall–Kier alpha value is -2.78. The second kappa shape index (κ2) is 9.62. The van der Waals surface area contributed by atoms with E-state index in [1.165, 1.54) is 23.8 Å². The minimum Gasteiger partial charge on any atom is -0.383 e. The smallest absolute Gasteiger partial charge is 0.242 e. The highest BCUT2D eigenvalue weighted by molar-refractivity contribution is 8.15. The number of aliphatic imine (C=N–C) groups is 1. The molecular weight excluding hydrogens is 400 g/mol. The molecule has 1 unspecified atom stereocenters. The topological polar surface area (TPSA) is 71.0 Å². The number of para-hydroxylation sites is 1. The molecule has 0 spiro atoms. The van der Waals surface area contributed by atoms with Crippen molar-refractivity contribution >= 4 is 40.1 Å². The third-order valence-corrected chi connectivity index (χ3v) is 5.27. The van der Waals surface area contributed by atoms with E-state index in [2.05, 4.69) is 10.3 Å². The highest BCUT2D eigenvalue weighted by atomic mass is 32.2. The predicted octanol–water partition coefficient (Wildman–Crippen LogP) is 3.57. The summed E-state index contributed by atoms with van der Waals surface area (Å²) in [6.45, 7) is 0.624. The molecule has 9 heteroatoms. The molecule has 152 valence electrons. The molecular formula is C20H19F2N3O3S. The third-order valence-electron chi connectivity index (χ3n) is 4.10. The molecule has 1 saturated heterocycles. The van der Waals surface area contributed by atoms with Crippen LogP contribution in [-0.2, 0) is 14.3 Å². The number of carbonyl (C=O) groups excluding carboxylic acids is 2. The van der Waals surface area contributed by atoms with Gasteiger partial charge < -0.3 is 10.1 Å². The van der Waals surface area contributed by atoms with Crippen LogP contribution in [0.15, 0.2) is 53.5 Å². The average molecular weight is 419 g/mol. The molecule has 1 atom stereocenters. The highest BCUT2D eigenvalue weighted by Gasteiger charge is 2.39. The van der Waals surface area contributed by atoms with E-state index in [1.807, 2.05) is 30.3 Å². The summed E-state index contributed by atoms with van der Waals surface area (Å²) in [6.07, 6.45) is -0.169. The molecule has 1 fully saturated rings. The maximum Gasteiger partial charge on any atom is 0.242 e. The Morgan fingerprint density at radius 3 is 2.69 bits per heavy atom. The van der Waals surface area contributed by atoms with Gasteiger partial charge in [-0.25, -0.2) is 13.8 Å². The zero-order valence-electron chi connectivity index (χ0n) is 15.6. The second-order valence-corrected chi connectivity index (χ2v) is 7.37. The lowest BCUT2D eigenvalue weighted by atomic mass is 10.2. The van der Waals surface area contributed by atoms with E-state index in [0.717, 1.165) is 12.1 Å². The standard InChI is InChI=1S/C20H19F2N3O3S/c1-28-10-9-25-19(27)17(29-20(25)23-14-5-3-2-4-6-14)12-18(26)24-16-8-7-13(21)11-15(16)22/h2-8,11,17H,9-10,12H2,1H3,(H,24,26). The van der Waals surface area contributed by atoms with Crippen LogP contribution < -0.4 is 5.32 Å². The van der Waals surface area contributed by atoms with Gasteiger partial charge in [0.05, 0.1) is 24.5 Å². The maximum absolute atomic E-state index is 13.7. The first-order chi connectivity index (χ1) is 14.0. The van der Waals surface area contributed by atoms with Crippen LogP contribution in [0, 0.1) is 11.6 Å². The van der Waals surface area contributed by atoms with Gasteiger partial charge in [-0.05, 0) is 24.3 Å². The Morgan fingerprint density at radius 1 is 1.24 bits per heavy atom. The van der Waals surface area contributed by atoms with Crippen molar-refractivity contribution in [2.45, 2.75) is 11.7 Å². The number of carbonyl (C=O) groups is 2. The fourth-order valence-corrected chi connectivity index (χ4v) is 3.87. The van der Waals surface area contributed by atoms with Gasteiger partial charge in [0.2, 0.25) is 11.8 Å². The normalized spacial score (nSPS) is 17.8. The molecule has 1 heterocycles. The number of benzene rings is 2. The van der Waals surface area contributed by atoms with Crippen molar-refractivity contribution < 1.29 is 23.1 Å². The number of hydrogen-bond donors (Lipinski definition) is 1. The first-order valence-corrected chi connectivity index (χ1v) is 9.71. The number of nitrogens with one attached hydrogen (secondary N) is 1. The Morgan fingerprint density at radius 2 is 2.00 bits per heavy atom. The first-order valence-electron chi connectivity index (χ1n) is 8.83. The minimum absolute atomic E-state index is 0.138. The molecule has 2 aromatic carbocycles. The van der Waals surface area contributed by atoms with Crippen LogP contribution in [0.1, 0.15) is 6.42 Å². The van der Waals surface area contributed by atoms with Crippen molar-refractivity contribution in [2.24, 2.45) is 4.99 Å². The SMILES string of the molecule is COCCN1C(=O)C(CC(=O)Nc2ccc(F)cc2F)SC1=Nc1ccccc1. The molecule has 2 amide bonds. The van der Waals surface area contributed by atoms with Gasteiger partial charge >= 0.3 is 0 Å². The third kappa shape index (κ3) is 5.39. The van der Waals surface area contributed by atoms with E-state index >= 15 is 0 Å². The molecule has 29 heavy (non-hydrogen) atoms. The molecule has 0 bridgehead atoms. The zero-order chi connectivity index (χ0) is 20.8. The lowest BCUT2D eigenvalue weighted by Crippen LogP contribution is -2.35. The molecule has 0 aliphatic carbocycles. The van der Waals surface area contributed by atoms with Gasteiger partial charge in [0.25, 0.3) is 0 Å². The first kappa shape index (κ1) is 20.9. The quantitative estimate of drug-likeness (QED) is 0.745. The van der Waals surface area contributed by atoms with Gasteiger partial charge in [0.15, 0.2) is 5.17 Å². The van der Waals surface area contributed by atoms with Gasteiger partial charge in [-0.2, -0.15) is 0 Å². The molecule has 2 aromatic rings. The summed E-state index contributed by atoms with van der Waals surface area (Å²) >= 11 is 1.17. The lowest BCUT2D eigenvalue weighted by Gasteiger charge is -2.15. The Bertz CT molecular complexity index is 924. The summed E-state index contributed by atoms with van der Waals surface area (Å²) in [5.41, 5.74) is 0.546. The number of nitrogens with zero attached hydrogens (tertiary/aromatic N) is 2. The van der Waals surface area contributed by atoms with Crippen LogP contribution in [0.3, 0.4) is 0 Å². The molecule has 1 N–H and O–H groups in total. The zero-order valence-corrected chi connectivity index (χ0v) is 16.4. The molecule has 6 nitrogen and oxygen atoms in total. The van der Waals surface area contributed by atoms with Crippen molar-refractivity contribution in [2.75, 3.05) is 25.6 Å². The van der Waals surface area contributed by atoms with Gasteiger partial charge in [-0.1, -0.05) is 30.0 Å². The van der Waals surface area contributed by atoms with Crippen LogP contribution in [0.25, 0.3) is 0 Å². The summed E-state index contributed by atoms with van der Waals surface area (Å²) in [7, 11) is 1.53. The van der Waals surface area contributed by atoms with Crippen LogP contribution in [0.2, 0.25) is 0 Å². The van der Waals surface area contributed by atoms with E-state index < -0.39 is 22.8 Å². The largest absolute Gasteiger partial charge is 0.383 e. The van der Waals surface area contributed by atoms with E-state index in [1.54, 1.807) is 0 Å². The summed E-state index contributed by atoms with van der Waals surface area (Å²) in [5.74, 6) is -2.43. The molecule has 1 aliphatic heterocycles. The lowest BCUT2D eigenvalue weighted by molar-refractivity contribution is -0.128. The number of methoxy groups -OCH3 is 1. The Balaban J connectivity index is 1.72. The van der Waals surface area contributed by atoms with Crippen molar-refractivity contribution in [3.05, 3.63) is 60.2 Å². The number of anilines is 1. The van der Waals surface area contributed by atoms with Crippen molar-refractivity contribution in [1.29, 1.82) is 0 Å². The molecule has 1 aliphatic rings. The van der Waals surface area contributed by atoms with Crippen LogP contribution >= 0.6 is 11.8 Å². The number of amidine groups is 1. The number of amides is 2. The monoisotopic (exact) mass is 419 g/mol. The maximum atomic E-state index is 13.7. The molecule has 0 saturated carbocycles. The van der Waals surface area contributed by atoms with Gasteiger partial charge in [0.1, 0.15) is 16.9 Å². The Labute approximate surface area is 170 Å². The molecule has 3 rings (SSSR count). The summed E-state index contributed by atoms with van der Waals surface area (Å²) in [4.78, 5) is 31.1. The fourth-order valence-electron chi connectivity index (χ4n) is 2.69. The van der Waals surface area contributed by atoms with E-state index in [9.17, 15) is 18.4 Å². The van der Waals surface area contributed by atoms with Crippen LogP contribution in [0.5, 0.6) is 0 Å². The van der Waals surface area contributed by atoms with Gasteiger partial charge in [-0.3, -0.25) is 14.5 Å². The summed E-state index contributed by atoms with van der Waals surface area (Å²) in [5, 5.41) is 2.16. The van der Waals surface area contributed by atoms with E-state index in [4.69, 9.17) is 4.74 Å². The summed E-state index contributed by atoms with van der Waals surface area (Å²) in [6, 6.07) is 12.0. The van der Waals surface area contributed by atoms with E-state index in [0.29, 0.717) is 30.1 Å². The number of rotatable bonds is 7. The number of ether oxygens (including phenoxy) is 1. The van der Waals surface area contributed by atoms with Crippen molar-refractivity contribution in [1.82, 2.24) is 4.90 Å². The molecule has 0 aromatic heterocycles. The van der Waals surface area contributed by atoms with Crippen LogP contribution in [-0.4, -0.2) is 47.4 Å². The Kier molecular flexibility index (Phi) is 6.95.